The van der Waals surface area contributed by atoms with Gasteiger partial charge in [-0.1, -0.05) is 18.2 Å². The number of benzene rings is 2. The Morgan fingerprint density at radius 2 is 1.84 bits per heavy atom. The van der Waals surface area contributed by atoms with E-state index in [1.165, 1.54) is 4.90 Å². The van der Waals surface area contributed by atoms with Crippen molar-refractivity contribution < 1.29 is 23.8 Å². The van der Waals surface area contributed by atoms with Gasteiger partial charge in [0.1, 0.15) is 18.4 Å². The largest absolute Gasteiger partial charge is 0.491 e. The molecule has 2 aromatic carbocycles. The van der Waals surface area contributed by atoms with E-state index in [0.29, 0.717) is 28.6 Å². The molecule has 0 saturated carbocycles. The maximum Gasteiger partial charge on any atom is 0.293 e. The molecule has 3 rings (SSSR count). The maximum absolute atomic E-state index is 12.8. The molecule has 0 aromatic heterocycles. The summed E-state index contributed by atoms with van der Waals surface area (Å²) in [6, 6.07) is 13.0. The van der Waals surface area contributed by atoms with Crippen molar-refractivity contribution in [2.75, 3.05) is 26.4 Å². The first kappa shape index (κ1) is 23.2. The molecule has 0 spiro atoms. The zero-order valence-corrected chi connectivity index (χ0v) is 19.0. The Hall–Kier alpha value is -3.44. The van der Waals surface area contributed by atoms with Crippen LogP contribution in [0.15, 0.2) is 41.3 Å². The van der Waals surface area contributed by atoms with Crippen LogP contribution in [-0.4, -0.2) is 42.4 Å². The van der Waals surface area contributed by atoms with Gasteiger partial charge in [-0.3, -0.25) is 14.5 Å². The molecule has 1 saturated heterocycles. The molecule has 8 heteroatoms. The molecule has 1 aliphatic rings. The number of aryl methyl sites for hydroxylation is 2. The highest BCUT2D eigenvalue weighted by molar-refractivity contribution is 8.18. The average Bonchev–Trinajstić information content (AvgIpc) is 3.03. The highest BCUT2D eigenvalue weighted by atomic mass is 32.2. The predicted octanol–water partition coefficient (Wildman–Crippen LogP) is 4.72. The summed E-state index contributed by atoms with van der Waals surface area (Å²) in [6.45, 7) is 6.48. The van der Waals surface area contributed by atoms with E-state index in [1.807, 2.05) is 45.0 Å². The number of ether oxygens (including phenoxy) is 3. The highest BCUT2D eigenvalue weighted by Gasteiger charge is 2.34. The van der Waals surface area contributed by atoms with Crippen LogP contribution < -0.4 is 14.2 Å². The van der Waals surface area contributed by atoms with Gasteiger partial charge in [0, 0.05) is 0 Å². The maximum atomic E-state index is 12.8. The second kappa shape index (κ2) is 10.7. The van der Waals surface area contributed by atoms with Gasteiger partial charge in [-0.05, 0) is 73.5 Å². The number of rotatable bonds is 9. The molecule has 7 nitrogen and oxygen atoms in total. The lowest BCUT2D eigenvalue weighted by molar-refractivity contribution is -0.123. The first-order chi connectivity index (χ1) is 15.4. The zero-order valence-electron chi connectivity index (χ0n) is 18.2. The van der Waals surface area contributed by atoms with Gasteiger partial charge in [-0.2, -0.15) is 5.26 Å². The number of amides is 2. The first-order valence-electron chi connectivity index (χ1n) is 10.1. The number of thioether (sulfide) groups is 1. The topological polar surface area (TPSA) is 88.9 Å². The summed E-state index contributed by atoms with van der Waals surface area (Å²) < 4.78 is 16.7. The summed E-state index contributed by atoms with van der Waals surface area (Å²) in [4.78, 5) is 26.7. The molecule has 166 valence electrons. The molecule has 0 aliphatic carbocycles. The Kier molecular flexibility index (Phi) is 7.79. The highest BCUT2D eigenvalue weighted by Crippen LogP contribution is 2.34. The van der Waals surface area contributed by atoms with Gasteiger partial charge in [0.2, 0.25) is 0 Å². The molecule has 32 heavy (non-hydrogen) atoms. The third-order valence-corrected chi connectivity index (χ3v) is 5.55. The number of hydrogen-bond acceptors (Lipinski definition) is 7. The van der Waals surface area contributed by atoms with Gasteiger partial charge < -0.3 is 14.2 Å². The van der Waals surface area contributed by atoms with Crippen molar-refractivity contribution in [2.45, 2.75) is 20.8 Å². The predicted molar refractivity (Wildman–Crippen MR) is 123 cm³/mol. The van der Waals surface area contributed by atoms with Crippen molar-refractivity contribution in [3.05, 3.63) is 58.0 Å². The van der Waals surface area contributed by atoms with Crippen LogP contribution in [0.4, 0.5) is 4.79 Å². The Labute approximate surface area is 191 Å². The minimum absolute atomic E-state index is 0.0948. The van der Waals surface area contributed by atoms with Gasteiger partial charge in [0.15, 0.2) is 18.1 Å². The lowest BCUT2D eigenvalue weighted by Crippen LogP contribution is -2.32. The molecule has 0 unspecified atom stereocenters. The number of nitrogens with zero attached hydrogens (tertiary/aromatic N) is 2. The van der Waals surface area contributed by atoms with Crippen molar-refractivity contribution in [3.8, 4) is 23.3 Å². The van der Waals surface area contributed by atoms with E-state index in [9.17, 15) is 9.59 Å². The average molecular weight is 453 g/mol. The molecule has 1 aliphatic heterocycles. The van der Waals surface area contributed by atoms with Crippen LogP contribution >= 0.6 is 11.8 Å². The molecule has 2 aromatic rings. The number of nitriles is 1. The SMILES string of the molecule is CCOc1cc(/C=C2\SC(=O)N(CCOc3cc(C)ccc3C)C2=O)ccc1OCC#N. The van der Waals surface area contributed by atoms with Crippen LogP contribution in [0.1, 0.15) is 23.6 Å². The number of carbonyl (C=O) groups excluding carboxylic acids is 2. The van der Waals surface area contributed by atoms with Crippen molar-refractivity contribution in [1.82, 2.24) is 4.90 Å². The molecule has 1 heterocycles. The second-order valence-corrected chi connectivity index (χ2v) is 8.03. The minimum atomic E-state index is -0.354. The summed E-state index contributed by atoms with van der Waals surface area (Å²) >= 11 is 0.894. The standard InChI is InChI=1S/C24H24N2O5S/c1-4-29-21-14-18(7-8-19(21)30-11-9-25)15-22-23(27)26(24(28)32-22)10-12-31-20-13-16(2)5-6-17(20)3/h5-8,13-15H,4,10-12H2,1-3H3/b22-15-. The molecule has 0 radical (unpaired) electrons. The fourth-order valence-corrected chi connectivity index (χ4v) is 3.93. The number of hydrogen-bond donors (Lipinski definition) is 0. The van der Waals surface area contributed by atoms with Crippen molar-refractivity contribution in [2.24, 2.45) is 0 Å². The van der Waals surface area contributed by atoms with E-state index in [4.69, 9.17) is 19.5 Å². The fraction of sp³-hybridized carbons (Fsp3) is 0.292. The number of carbonyl (C=O) groups is 2. The first-order valence-corrected chi connectivity index (χ1v) is 11.0. The van der Waals surface area contributed by atoms with Crippen molar-refractivity contribution in [1.29, 1.82) is 5.26 Å². The van der Waals surface area contributed by atoms with E-state index in [1.54, 1.807) is 24.3 Å². The normalized spacial score (nSPS) is 14.6. The third kappa shape index (κ3) is 5.62. The zero-order chi connectivity index (χ0) is 23.1. The minimum Gasteiger partial charge on any atom is -0.491 e. The molecular weight excluding hydrogens is 428 g/mol. The van der Waals surface area contributed by atoms with Crippen LogP contribution in [0.3, 0.4) is 0 Å². The van der Waals surface area contributed by atoms with Gasteiger partial charge in [0.25, 0.3) is 11.1 Å². The van der Waals surface area contributed by atoms with E-state index in [0.717, 1.165) is 28.6 Å². The Morgan fingerprint density at radius 3 is 2.59 bits per heavy atom. The smallest absolute Gasteiger partial charge is 0.293 e. The molecular formula is C24H24N2O5S. The molecule has 0 N–H and O–H groups in total. The quantitative estimate of drug-likeness (QED) is 0.509. The fourth-order valence-electron chi connectivity index (χ4n) is 3.07. The van der Waals surface area contributed by atoms with E-state index >= 15 is 0 Å². The second-order valence-electron chi connectivity index (χ2n) is 7.04. The van der Waals surface area contributed by atoms with Crippen LogP contribution in [0.2, 0.25) is 0 Å². The third-order valence-electron chi connectivity index (χ3n) is 4.65. The van der Waals surface area contributed by atoms with E-state index in [2.05, 4.69) is 0 Å². The van der Waals surface area contributed by atoms with Gasteiger partial charge in [-0.15, -0.1) is 0 Å². The Balaban J connectivity index is 1.68. The Bertz CT molecular complexity index is 1090. The van der Waals surface area contributed by atoms with E-state index in [-0.39, 0.29) is 30.9 Å². The lowest BCUT2D eigenvalue weighted by Gasteiger charge is -2.14. The van der Waals surface area contributed by atoms with Gasteiger partial charge >= 0.3 is 0 Å². The lowest BCUT2D eigenvalue weighted by atomic mass is 10.1. The van der Waals surface area contributed by atoms with Crippen molar-refractivity contribution in [3.63, 3.8) is 0 Å². The summed E-state index contributed by atoms with van der Waals surface area (Å²) in [5.74, 6) is 1.31. The molecule has 0 bridgehead atoms. The molecule has 2 amide bonds. The molecule has 1 fully saturated rings. The Morgan fingerprint density at radius 1 is 1.03 bits per heavy atom. The summed E-state index contributed by atoms with van der Waals surface area (Å²) in [6.07, 6.45) is 1.65. The summed E-state index contributed by atoms with van der Waals surface area (Å²) in [5.41, 5.74) is 2.77. The van der Waals surface area contributed by atoms with Crippen LogP contribution in [0.25, 0.3) is 6.08 Å². The van der Waals surface area contributed by atoms with Crippen LogP contribution in [0, 0.1) is 25.2 Å². The van der Waals surface area contributed by atoms with E-state index < -0.39 is 0 Å². The van der Waals surface area contributed by atoms with Crippen molar-refractivity contribution >= 4 is 29.0 Å². The summed E-state index contributed by atoms with van der Waals surface area (Å²) in [5, 5.41) is 8.38. The summed E-state index contributed by atoms with van der Waals surface area (Å²) in [7, 11) is 0. The van der Waals surface area contributed by atoms with Crippen LogP contribution in [-0.2, 0) is 4.79 Å². The van der Waals surface area contributed by atoms with Gasteiger partial charge in [-0.25, -0.2) is 0 Å². The monoisotopic (exact) mass is 452 g/mol. The molecule has 0 atom stereocenters. The number of imide groups is 1. The van der Waals surface area contributed by atoms with Gasteiger partial charge in [0.05, 0.1) is 18.1 Å². The van der Waals surface area contributed by atoms with Crippen LogP contribution in [0.5, 0.6) is 17.2 Å².